The highest BCUT2D eigenvalue weighted by Gasteiger charge is 2.41. The summed E-state index contributed by atoms with van der Waals surface area (Å²) in [5.41, 5.74) is 2.12. The monoisotopic (exact) mass is 526 g/mol. The fraction of sp³-hybridized carbons (Fsp3) is 0.370. The highest BCUT2D eigenvalue weighted by atomic mass is 32.2. The van der Waals surface area contributed by atoms with E-state index >= 15 is 0 Å². The molecule has 0 saturated heterocycles. The Morgan fingerprint density at radius 2 is 1.86 bits per heavy atom. The quantitative estimate of drug-likeness (QED) is 0.413. The summed E-state index contributed by atoms with van der Waals surface area (Å²) in [7, 11) is -2.29. The molecule has 1 aliphatic carbocycles. The van der Waals surface area contributed by atoms with Crippen LogP contribution in [0.15, 0.2) is 64.9 Å². The number of rotatable bonds is 9. The summed E-state index contributed by atoms with van der Waals surface area (Å²) in [6, 6.07) is 15.8. The molecule has 1 unspecified atom stereocenters. The predicted octanol–water partition coefficient (Wildman–Crippen LogP) is 4.42. The van der Waals surface area contributed by atoms with Crippen LogP contribution in [0.3, 0.4) is 0 Å². The maximum absolute atomic E-state index is 13.7. The highest BCUT2D eigenvalue weighted by molar-refractivity contribution is 7.89. The van der Waals surface area contributed by atoms with E-state index < -0.39 is 10.0 Å². The molecule has 1 fully saturated rings. The van der Waals surface area contributed by atoms with Gasteiger partial charge < -0.3 is 14.4 Å². The third-order valence-corrected chi connectivity index (χ3v) is 9.73. The van der Waals surface area contributed by atoms with Gasteiger partial charge in [-0.3, -0.25) is 4.79 Å². The summed E-state index contributed by atoms with van der Waals surface area (Å²) in [4.78, 5) is 16.9. The van der Waals surface area contributed by atoms with Crippen LogP contribution < -0.4 is 9.47 Å². The molecule has 2 aromatic carbocycles. The fourth-order valence-corrected chi connectivity index (χ4v) is 7.20. The van der Waals surface area contributed by atoms with Gasteiger partial charge in [0.25, 0.3) is 0 Å². The first-order chi connectivity index (χ1) is 17.4. The van der Waals surface area contributed by atoms with Gasteiger partial charge in [-0.1, -0.05) is 18.2 Å². The summed E-state index contributed by atoms with van der Waals surface area (Å²) in [6.45, 7) is 2.66. The van der Waals surface area contributed by atoms with E-state index in [-0.39, 0.29) is 29.4 Å². The summed E-state index contributed by atoms with van der Waals surface area (Å²) in [5.74, 6) is 1.17. The molecule has 0 N–H and O–H groups in total. The number of thiophene rings is 1. The second kappa shape index (κ2) is 10.2. The standard InChI is InChI=1S/C27H30N2O5S2/c1-19-5-3-4-6-25(19)34-18-24-23-14-16-35-26(23)13-15-28(24)27(30)17-29(20-7-8-20)36(31,32)22-11-9-21(33-2)10-12-22/h3-6,9-12,14,16,20,24H,7-8,13,15,17-18H2,1-2H3. The van der Waals surface area contributed by atoms with Crippen LogP contribution in [0, 0.1) is 6.92 Å². The van der Waals surface area contributed by atoms with Crippen molar-refractivity contribution in [2.45, 2.75) is 43.2 Å². The van der Waals surface area contributed by atoms with E-state index in [1.807, 2.05) is 36.6 Å². The smallest absolute Gasteiger partial charge is 0.243 e. The Morgan fingerprint density at radius 1 is 1.11 bits per heavy atom. The summed E-state index contributed by atoms with van der Waals surface area (Å²) in [6.07, 6.45) is 2.28. The minimum atomic E-state index is -3.82. The number of carbonyl (C=O) groups is 1. The van der Waals surface area contributed by atoms with Gasteiger partial charge in [0, 0.05) is 17.5 Å². The molecule has 1 aliphatic heterocycles. The number of nitrogens with zero attached hydrogens (tertiary/aromatic N) is 2. The topological polar surface area (TPSA) is 76.2 Å². The lowest BCUT2D eigenvalue weighted by molar-refractivity contribution is -0.135. The number of benzene rings is 2. The first-order valence-electron chi connectivity index (χ1n) is 12.1. The van der Waals surface area contributed by atoms with Crippen LogP contribution in [0.25, 0.3) is 0 Å². The van der Waals surface area contributed by atoms with Crippen LogP contribution in [0.4, 0.5) is 0 Å². The van der Waals surface area contributed by atoms with Crippen LogP contribution in [0.5, 0.6) is 11.5 Å². The van der Waals surface area contributed by atoms with Crippen LogP contribution in [0.2, 0.25) is 0 Å². The largest absolute Gasteiger partial charge is 0.497 e. The van der Waals surface area contributed by atoms with Crippen molar-refractivity contribution in [3.05, 3.63) is 76.0 Å². The van der Waals surface area contributed by atoms with Gasteiger partial charge in [0.1, 0.15) is 18.1 Å². The van der Waals surface area contributed by atoms with Crippen molar-refractivity contribution in [2.75, 3.05) is 26.8 Å². The van der Waals surface area contributed by atoms with E-state index in [0.29, 0.717) is 18.9 Å². The van der Waals surface area contributed by atoms with Gasteiger partial charge in [0.2, 0.25) is 15.9 Å². The van der Waals surface area contributed by atoms with Crippen LogP contribution >= 0.6 is 11.3 Å². The number of para-hydroxylation sites is 1. The average Bonchev–Trinajstić information content (AvgIpc) is 3.61. The third kappa shape index (κ3) is 5.00. The van der Waals surface area contributed by atoms with E-state index in [9.17, 15) is 13.2 Å². The zero-order chi connectivity index (χ0) is 25.3. The molecule has 0 radical (unpaired) electrons. The van der Waals surface area contributed by atoms with Crippen molar-refractivity contribution in [2.24, 2.45) is 0 Å². The molecule has 5 rings (SSSR count). The lowest BCUT2D eigenvalue weighted by Crippen LogP contribution is -2.48. The van der Waals surface area contributed by atoms with Crippen molar-refractivity contribution in [1.82, 2.24) is 9.21 Å². The van der Waals surface area contributed by atoms with Gasteiger partial charge in [-0.2, -0.15) is 4.31 Å². The Morgan fingerprint density at radius 3 is 2.56 bits per heavy atom. The molecule has 0 spiro atoms. The molecule has 1 aromatic heterocycles. The van der Waals surface area contributed by atoms with Gasteiger partial charge in [-0.15, -0.1) is 11.3 Å². The van der Waals surface area contributed by atoms with E-state index in [2.05, 4.69) is 6.07 Å². The van der Waals surface area contributed by atoms with E-state index in [1.54, 1.807) is 28.4 Å². The van der Waals surface area contributed by atoms with E-state index in [0.717, 1.165) is 36.1 Å². The molecule has 9 heteroatoms. The summed E-state index contributed by atoms with van der Waals surface area (Å²) in [5, 5.41) is 2.05. The lowest BCUT2D eigenvalue weighted by atomic mass is 10.0. The van der Waals surface area contributed by atoms with Crippen LogP contribution in [0.1, 0.15) is 34.9 Å². The van der Waals surface area contributed by atoms with E-state index in [4.69, 9.17) is 9.47 Å². The second-order valence-electron chi connectivity index (χ2n) is 9.19. The van der Waals surface area contributed by atoms with Crippen molar-refractivity contribution in [3.63, 3.8) is 0 Å². The van der Waals surface area contributed by atoms with Gasteiger partial charge in [0.05, 0.1) is 24.6 Å². The number of hydrogen-bond donors (Lipinski definition) is 0. The van der Waals surface area contributed by atoms with Gasteiger partial charge in [-0.05, 0) is 79.1 Å². The molecule has 1 atom stereocenters. The first-order valence-corrected chi connectivity index (χ1v) is 14.4. The molecule has 3 aromatic rings. The van der Waals surface area contributed by atoms with Crippen LogP contribution in [-0.2, 0) is 21.2 Å². The molecule has 1 saturated carbocycles. The number of aryl methyl sites for hydroxylation is 1. The van der Waals surface area contributed by atoms with Gasteiger partial charge >= 0.3 is 0 Å². The Balaban J connectivity index is 1.37. The number of ether oxygens (including phenoxy) is 2. The number of sulfonamides is 1. The lowest BCUT2D eigenvalue weighted by Gasteiger charge is -2.37. The zero-order valence-electron chi connectivity index (χ0n) is 20.4. The Kier molecular flexibility index (Phi) is 7.05. The van der Waals surface area contributed by atoms with Crippen LogP contribution in [-0.4, -0.2) is 56.4 Å². The van der Waals surface area contributed by atoms with Gasteiger partial charge in [-0.25, -0.2) is 8.42 Å². The molecule has 36 heavy (non-hydrogen) atoms. The Hall–Kier alpha value is -2.88. The number of methoxy groups -OCH3 is 1. The molecule has 7 nitrogen and oxygen atoms in total. The Labute approximate surface area is 216 Å². The zero-order valence-corrected chi connectivity index (χ0v) is 22.1. The normalized spacial score (nSPS) is 17.6. The minimum Gasteiger partial charge on any atom is -0.497 e. The molecule has 0 bridgehead atoms. The summed E-state index contributed by atoms with van der Waals surface area (Å²) < 4.78 is 39.7. The van der Waals surface area contributed by atoms with Crippen molar-refractivity contribution < 1.29 is 22.7 Å². The summed E-state index contributed by atoms with van der Waals surface area (Å²) >= 11 is 1.69. The predicted molar refractivity (Wildman–Crippen MR) is 139 cm³/mol. The molecule has 2 aliphatic rings. The van der Waals surface area contributed by atoms with Gasteiger partial charge in [0.15, 0.2) is 0 Å². The number of amides is 1. The number of fused-ring (bicyclic) bond motifs is 1. The third-order valence-electron chi connectivity index (χ3n) is 6.82. The molecule has 190 valence electrons. The van der Waals surface area contributed by atoms with E-state index in [1.165, 1.54) is 28.4 Å². The minimum absolute atomic E-state index is 0.149. The molecule has 2 heterocycles. The highest BCUT2D eigenvalue weighted by Crippen LogP contribution is 2.36. The Bertz CT molecular complexity index is 1330. The number of carbonyl (C=O) groups excluding carboxylic acids is 1. The van der Waals surface area contributed by atoms with Crippen molar-refractivity contribution in [1.29, 1.82) is 0 Å². The van der Waals surface area contributed by atoms with Crippen molar-refractivity contribution in [3.8, 4) is 11.5 Å². The first kappa shape index (κ1) is 24.8. The maximum atomic E-state index is 13.7. The van der Waals surface area contributed by atoms with Crippen molar-refractivity contribution >= 4 is 27.3 Å². The molecular formula is C27H30N2O5S2. The average molecular weight is 527 g/mol. The molecular weight excluding hydrogens is 496 g/mol. The second-order valence-corrected chi connectivity index (χ2v) is 12.1. The maximum Gasteiger partial charge on any atom is 0.243 e. The molecule has 1 amide bonds. The SMILES string of the molecule is COc1ccc(S(=O)(=O)N(CC(=O)N2CCc3sccc3C2COc2ccccc2C)C2CC2)cc1. The number of hydrogen-bond acceptors (Lipinski definition) is 6. The fourth-order valence-electron chi connectivity index (χ4n) is 4.64.